The Morgan fingerprint density at radius 1 is 1.43 bits per heavy atom. The molecule has 0 unspecified atom stereocenters. The first kappa shape index (κ1) is 15.3. The first-order valence-corrected chi connectivity index (χ1v) is 7.28. The number of nitrogen functional groups attached to an aromatic ring is 1. The fraction of sp³-hybridized carbons (Fsp3) is 0.200. The lowest BCUT2D eigenvalue weighted by Crippen LogP contribution is -2.24. The zero-order valence-electron chi connectivity index (χ0n) is 11.8. The molecular formula is C15H16BrN3O2. The van der Waals surface area contributed by atoms with Crippen LogP contribution in [0.15, 0.2) is 35.1 Å². The van der Waals surface area contributed by atoms with Gasteiger partial charge in [0.05, 0.1) is 16.2 Å². The molecule has 0 radical (unpaired) electrons. The van der Waals surface area contributed by atoms with Crippen molar-refractivity contribution < 1.29 is 9.53 Å². The normalized spacial score (nSPS) is 10.2. The van der Waals surface area contributed by atoms with Gasteiger partial charge >= 0.3 is 0 Å². The molecule has 1 aromatic heterocycles. The molecule has 0 aliphatic carbocycles. The molecule has 0 aliphatic heterocycles. The van der Waals surface area contributed by atoms with E-state index in [0.717, 1.165) is 5.56 Å². The summed E-state index contributed by atoms with van der Waals surface area (Å²) in [4.78, 5) is 16.3. The summed E-state index contributed by atoms with van der Waals surface area (Å²) >= 11 is 3.35. The van der Waals surface area contributed by atoms with Gasteiger partial charge in [-0.1, -0.05) is 0 Å². The van der Waals surface area contributed by atoms with Gasteiger partial charge in [-0.3, -0.25) is 9.78 Å². The van der Waals surface area contributed by atoms with Crippen molar-refractivity contribution in [2.24, 2.45) is 0 Å². The number of hydrogen-bond acceptors (Lipinski definition) is 4. The van der Waals surface area contributed by atoms with Gasteiger partial charge in [0.15, 0.2) is 0 Å². The number of aryl methyl sites for hydroxylation is 1. The van der Waals surface area contributed by atoms with Gasteiger partial charge in [0.1, 0.15) is 11.5 Å². The topological polar surface area (TPSA) is 77.2 Å². The summed E-state index contributed by atoms with van der Waals surface area (Å²) in [5.74, 6) is 0.749. The van der Waals surface area contributed by atoms with E-state index in [0.29, 0.717) is 33.8 Å². The molecule has 5 nitrogen and oxygen atoms in total. The van der Waals surface area contributed by atoms with Crippen LogP contribution in [0.3, 0.4) is 0 Å². The number of nitrogens with two attached hydrogens (primary N) is 1. The zero-order valence-corrected chi connectivity index (χ0v) is 13.4. The van der Waals surface area contributed by atoms with Crippen molar-refractivity contribution in [1.29, 1.82) is 0 Å². The highest BCUT2D eigenvalue weighted by Crippen LogP contribution is 2.34. The van der Waals surface area contributed by atoms with Crippen LogP contribution in [0.5, 0.6) is 11.5 Å². The van der Waals surface area contributed by atoms with Gasteiger partial charge in [-0.25, -0.2) is 0 Å². The lowest BCUT2D eigenvalue weighted by Gasteiger charge is -2.14. The number of benzene rings is 1. The van der Waals surface area contributed by atoms with Gasteiger partial charge in [-0.05, 0) is 53.5 Å². The van der Waals surface area contributed by atoms with Gasteiger partial charge in [-0.2, -0.15) is 0 Å². The fourth-order valence-corrected chi connectivity index (χ4v) is 2.34. The number of amides is 1. The van der Waals surface area contributed by atoms with Crippen LogP contribution in [-0.2, 0) is 0 Å². The number of carbonyl (C=O) groups is 1. The summed E-state index contributed by atoms with van der Waals surface area (Å²) in [6.45, 7) is 4.29. The van der Waals surface area contributed by atoms with Crippen LogP contribution >= 0.6 is 15.9 Å². The Kier molecular flexibility index (Phi) is 4.80. The Bertz CT molecular complexity index is 674. The van der Waals surface area contributed by atoms with Crippen LogP contribution < -0.4 is 15.8 Å². The Morgan fingerprint density at radius 2 is 2.19 bits per heavy atom. The third-order valence-corrected chi connectivity index (χ3v) is 3.63. The monoisotopic (exact) mass is 349 g/mol. The second kappa shape index (κ2) is 6.58. The number of hydrogen-bond donors (Lipinski definition) is 2. The van der Waals surface area contributed by atoms with Crippen LogP contribution in [-0.4, -0.2) is 17.4 Å². The van der Waals surface area contributed by atoms with Gasteiger partial charge in [0.2, 0.25) is 0 Å². The van der Waals surface area contributed by atoms with Gasteiger partial charge in [0, 0.05) is 18.4 Å². The van der Waals surface area contributed by atoms with Crippen molar-refractivity contribution in [3.05, 3.63) is 46.2 Å². The van der Waals surface area contributed by atoms with E-state index < -0.39 is 0 Å². The molecule has 0 bridgehead atoms. The van der Waals surface area contributed by atoms with Crippen molar-refractivity contribution >= 4 is 27.5 Å². The van der Waals surface area contributed by atoms with E-state index in [2.05, 4.69) is 26.2 Å². The number of anilines is 1. The van der Waals surface area contributed by atoms with Crippen LogP contribution in [0.4, 0.5) is 5.69 Å². The molecule has 3 N–H and O–H groups in total. The molecule has 6 heteroatoms. The fourth-order valence-electron chi connectivity index (χ4n) is 1.83. The first-order valence-electron chi connectivity index (χ1n) is 6.48. The number of nitrogens with zero attached hydrogens (tertiary/aromatic N) is 1. The average molecular weight is 350 g/mol. The largest absolute Gasteiger partial charge is 0.455 e. The second-order valence-corrected chi connectivity index (χ2v) is 5.29. The minimum atomic E-state index is -0.243. The summed E-state index contributed by atoms with van der Waals surface area (Å²) in [6, 6.07) is 5.21. The minimum Gasteiger partial charge on any atom is -0.455 e. The van der Waals surface area contributed by atoms with Crippen LogP contribution in [0.1, 0.15) is 22.8 Å². The average Bonchev–Trinajstić information content (AvgIpc) is 2.43. The standard InChI is InChI=1S/C15H16BrN3O2/c1-3-19-15(20)13-12(5-4-11(17)14(13)16)21-10-6-9(2)7-18-8-10/h4-8H,3,17H2,1-2H3,(H,19,20). The maximum absolute atomic E-state index is 12.2. The third-order valence-electron chi connectivity index (χ3n) is 2.78. The molecule has 0 atom stereocenters. The summed E-state index contributed by atoms with van der Waals surface area (Å²) in [6.07, 6.45) is 3.33. The minimum absolute atomic E-state index is 0.243. The van der Waals surface area contributed by atoms with Crippen LogP contribution in [0, 0.1) is 6.92 Å². The predicted molar refractivity (Wildman–Crippen MR) is 85.6 cm³/mol. The summed E-state index contributed by atoms with van der Waals surface area (Å²) in [7, 11) is 0. The Morgan fingerprint density at radius 3 is 2.86 bits per heavy atom. The second-order valence-electron chi connectivity index (χ2n) is 4.50. The highest BCUT2D eigenvalue weighted by molar-refractivity contribution is 9.10. The molecule has 0 spiro atoms. The maximum atomic E-state index is 12.2. The van der Waals surface area contributed by atoms with Crippen LogP contribution in [0.2, 0.25) is 0 Å². The van der Waals surface area contributed by atoms with Crippen molar-refractivity contribution in [2.75, 3.05) is 12.3 Å². The molecule has 21 heavy (non-hydrogen) atoms. The van der Waals surface area contributed by atoms with Crippen LogP contribution in [0.25, 0.3) is 0 Å². The number of nitrogens with one attached hydrogen (secondary N) is 1. The highest BCUT2D eigenvalue weighted by atomic mass is 79.9. The van der Waals surface area contributed by atoms with E-state index in [-0.39, 0.29) is 5.91 Å². The Hall–Kier alpha value is -2.08. The number of carbonyl (C=O) groups excluding carboxylic acids is 1. The molecule has 110 valence electrons. The van der Waals surface area contributed by atoms with Crippen molar-refractivity contribution in [1.82, 2.24) is 10.3 Å². The molecule has 2 rings (SSSR count). The Balaban J connectivity index is 2.43. The molecule has 0 fully saturated rings. The van der Waals surface area contributed by atoms with E-state index in [1.165, 1.54) is 0 Å². The smallest absolute Gasteiger partial charge is 0.256 e. The maximum Gasteiger partial charge on any atom is 0.256 e. The van der Waals surface area contributed by atoms with Gasteiger partial charge < -0.3 is 15.8 Å². The first-order chi connectivity index (χ1) is 10.0. The van der Waals surface area contributed by atoms with E-state index in [9.17, 15) is 4.79 Å². The molecule has 1 aromatic carbocycles. The van der Waals surface area contributed by atoms with E-state index in [1.807, 2.05) is 19.9 Å². The third kappa shape index (κ3) is 3.52. The lowest BCUT2D eigenvalue weighted by atomic mass is 10.1. The quantitative estimate of drug-likeness (QED) is 0.830. The predicted octanol–water partition coefficient (Wildman–Crippen LogP) is 3.28. The van der Waals surface area contributed by atoms with E-state index in [4.69, 9.17) is 10.5 Å². The van der Waals surface area contributed by atoms with Gasteiger partial charge in [0.25, 0.3) is 5.91 Å². The molecule has 0 saturated heterocycles. The van der Waals surface area contributed by atoms with E-state index in [1.54, 1.807) is 24.5 Å². The molecular weight excluding hydrogens is 334 g/mol. The number of halogens is 1. The molecule has 0 aliphatic rings. The molecule has 0 saturated carbocycles. The van der Waals surface area contributed by atoms with Crippen molar-refractivity contribution in [3.8, 4) is 11.5 Å². The lowest BCUT2D eigenvalue weighted by molar-refractivity contribution is 0.0953. The zero-order chi connectivity index (χ0) is 15.4. The summed E-state index contributed by atoms with van der Waals surface area (Å²) in [5, 5.41) is 2.75. The molecule has 1 heterocycles. The number of pyridine rings is 1. The van der Waals surface area contributed by atoms with Crippen molar-refractivity contribution in [3.63, 3.8) is 0 Å². The summed E-state index contributed by atoms with van der Waals surface area (Å²) < 4.78 is 6.30. The number of aromatic nitrogens is 1. The van der Waals surface area contributed by atoms with Gasteiger partial charge in [-0.15, -0.1) is 0 Å². The SMILES string of the molecule is CCNC(=O)c1c(Oc2cncc(C)c2)ccc(N)c1Br. The van der Waals surface area contributed by atoms with Crippen molar-refractivity contribution in [2.45, 2.75) is 13.8 Å². The highest BCUT2D eigenvalue weighted by Gasteiger charge is 2.18. The number of rotatable bonds is 4. The van der Waals surface area contributed by atoms with E-state index >= 15 is 0 Å². The number of ether oxygens (including phenoxy) is 1. The molecule has 2 aromatic rings. The Labute approximate surface area is 131 Å². The molecule has 1 amide bonds. The summed E-state index contributed by atoms with van der Waals surface area (Å²) in [5.41, 5.74) is 7.67.